The minimum absolute atomic E-state index is 0.0199. The zero-order valence-corrected chi connectivity index (χ0v) is 14.2. The van der Waals surface area contributed by atoms with Gasteiger partial charge in [-0.2, -0.15) is 4.98 Å². The Balaban J connectivity index is 1.82. The summed E-state index contributed by atoms with van der Waals surface area (Å²) < 4.78 is 5.75. The fourth-order valence-corrected chi connectivity index (χ4v) is 2.55. The molecule has 0 spiro atoms. The highest BCUT2D eigenvalue weighted by Crippen LogP contribution is 2.28. The topological polar surface area (TPSA) is 75.4 Å². The lowest BCUT2D eigenvalue weighted by Crippen LogP contribution is -1.99. The van der Waals surface area contributed by atoms with Crippen LogP contribution in [-0.4, -0.2) is 16.1 Å². The van der Waals surface area contributed by atoms with Crippen LogP contribution in [-0.2, 0) is 17.8 Å². The average molecular weight is 357 g/mol. The highest BCUT2D eigenvalue weighted by Gasteiger charge is 2.16. The van der Waals surface area contributed by atoms with Crippen LogP contribution in [0.5, 0.6) is 0 Å². The number of aromatic nitrogens is 1. The number of nitrogens with one attached hydrogen (secondary N) is 1. The van der Waals surface area contributed by atoms with Gasteiger partial charge in [0.15, 0.2) is 0 Å². The molecule has 6 heteroatoms. The van der Waals surface area contributed by atoms with E-state index in [1.54, 1.807) is 12.1 Å². The van der Waals surface area contributed by atoms with E-state index in [1.807, 2.05) is 42.5 Å². The third-order valence-corrected chi connectivity index (χ3v) is 3.92. The van der Waals surface area contributed by atoms with E-state index in [0.717, 1.165) is 11.1 Å². The summed E-state index contributed by atoms with van der Waals surface area (Å²) in [5, 5.41) is 12.7. The first-order valence-corrected chi connectivity index (χ1v) is 8.25. The van der Waals surface area contributed by atoms with E-state index in [4.69, 9.17) is 21.1 Å². The molecular formula is C19H17ClN2O3. The number of carboxylic acids is 1. The molecule has 0 saturated heterocycles. The number of benzene rings is 2. The number of aliphatic carboxylic acids is 1. The van der Waals surface area contributed by atoms with Crippen LogP contribution in [0.1, 0.15) is 17.7 Å². The second kappa shape index (κ2) is 7.85. The van der Waals surface area contributed by atoms with E-state index in [0.29, 0.717) is 29.0 Å². The van der Waals surface area contributed by atoms with Crippen molar-refractivity contribution >= 4 is 23.6 Å². The lowest BCUT2D eigenvalue weighted by Gasteiger charge is -2.01. The van der Waals surface area contributed by atoms with Crippen LogP contribution in [0.2, 0.25) is 5.02 Å². The predicted molar refractivity (Wildman–Crippen MR) is 96.7 cm³/mol. The van der Waals surface area contributed by atoms with Crippen molar-refractivity contribution in [3.05, 3.63) is 70.9 Å². The van der Waals surface area contributed by atoms with E-state index in [2.05, 4.69) is 10.3 Å². The minimum atomic E-state index is -0.878. The highest BCUT2D eigenvalue weighted by atomic mass is 35.5. The van der Waals surface area contributed by atoms with Crippen molar-refractivity contribution in [2.24, 2.45) is 0 Å². The maximum Gasteiger partial charge on any atom is 0.303 e. The Labute approximate surface area is 150 Å². The number of carbonyl (C=O) groups is 1. The molecule has 3 rings (SSSR count). The first kappa shape index (κ1) is 17.0. The summed E-state index contributed by atoms with van der Waals surface area (Å²) in [6.45, 7) is 0.569. The molecule has 5 nitrogen and oxygen atoms in total. The number of carboxylic acid groups (broad SMARTS) is 1. The fraction of sp³-hybridized carbons (Fsp3) is 0.158. The molecule has 0 saturated carbocycles. The van der Waals surface area contributed by atoms with Crippen LogP contribution in [0.3, 0.4) is 0 Å². The maximum absolute atomic E-state index is 10.9. The van der Waals surface area contributed by atoms with Crippen LogP contribution >= 0.6 is 11.6 Å². The summed E-state index contributed by atoms with van der Waals surface area (Å²) >= 11 is 5.93. The van der Waals surface area contributed by atoms with Gasteiger partial charge in [-0.25, -0.2) is 0 Å². The van der Waals surface area contributed by atoms with Gasteiger partial charge in [-0.15, -0.1) is 0 Å². The summed E-state index contributed by atoms with van der Waals surface area (Å²) in [6, 6.07) is 17.5. The van der Waals surface area contributed by atoms with Crippen molar-refractivity contribution in [3.63, 3.8) is 0 Å². The number of halogens is 1. The molecule has 0 amide bonds. The monoisotopic (exact) mass is 356 g/mol. The number of nitrogens with zero attached hydrogens (tertiary/aromatic N) is 1. The molecule has 0 aliphatic rings. The minimum Gasteiger partial charge on any atom is -0.481 e. The number of anilines is 1. The molecular weight excluding hydrogens is 340 g/mol. The standard InChI is InChI=1S/C19H17ClN2O3/c20-15-8-6-14(7-9-15)18-16(10-11-17(23)24)25-19(22-18)21-12-13-4-2-1-3-5-13/h1-9H,10-12H2,(H,21,22)(H,23,24). The third-order valence-electron chi connectivity index (χ3n) is 3.67. The summed E-state index contributed by atoms with van der Waals surface area (Å²) in [5.41, 5.74) is 2.57. The van der Waals surface area contributed by atoms with Crippen LogP contribution in [0, 0.1) is 0 Å². The van der Waals surface area contributed by atoms with Crippen molar-refractivity contribution in [1.29, 1.82) is 0 Å². The quantitative estimate of drug-likeness (QED) is 0.645. The van der Waals surface area contributed by atoms with Crippen molar-refractivity contribution in [2.75, 3.05) is 5.32 Å². The van der Waals surface area contributed by atoms with E-state index in [1.165, 1.54) is 0 Å². The van der Waals surface area contributed by atoms with Gasteiger partial charge in [-0.3, -0.25) is 4.79 Å². The molecule has 2 aromatic carbocycles. The zero-order valence-electron chi connectivity index (χ0n) is 13.4. The molecule has 0 aliphatic carbocycles. The lowest BCUT2D eigenvalue weighted by molar-refractivity contribution is -0.137. The smallest absolute Gasteiger partial charge is 0.303 e. The summed E-state index contributed by atoms with van der Waals surface area (Å²) in [7, 11) is 0. The largest absolute Gasteiger partial charge is 0.481 e. The number of oxazole rings is 1. The maximum atomic E-state index is 10.9. The second-order valence-corrected chi connectivity index (χ2v) is 5.97. The van der Waals surface area contributed by atoms with Gasteiger partial charge in [0, 0.05) is 23.6 Å². The third kappa shape index (κ3) is 4.61. The van der Waals surface area contributed by atoms with Gasteiger partial charge in [0.05, 0.1) is 6.42 Å². The van der Waals surface area contributed by atoms with Gasteiger partial charge < -0.3 is 14.8 Å². The Hall–Kier alpha value is -2.79. The van der Waals surface area contributed by atoms with Crippen LogP contribution in [0.25, 0.3) is 11.3 Å². The summed E-state index contributed by atoms with van der Waals surface area (Å²) in [4.78, 5) is 15.4. The van der Waals surface area contributed by atoms with Crippen LogP contribution in [0.4, 0.5) is 6.01 Å². The Morgan fingerprint density at radius 2 is 1.84 bits per heavy atom. The fourth-order valence-electron chi connectivity index (χ4n) is 2.42. The van der Waals surface area contributed by atoms with E-state index in [9.17, 15) is 4.79 Å². The van der Waals surface area contributed by atoms with E-state index in [-0.39, 0.29) is 12.8 Å². The van der Waals surface area contributed by atoms with Crippen LogP contribution in [0.15, 0.2) is 59.0 Å². The first-order chi connectivity index (χ1) is 12.1. The predicted octanol–water partition coefficient (Wildman–Crippen LogP) is 4.62. The Morgan fingerprint density at radius 1 is 1.12 bits per heavy atom. The molecule has 1 aromatic heterocycles. The molecule has 0 fully saturated rings. The van der Waals surface area contributed by atoms with Gasteiger partial charge in [0.25, 0.3) is 6.01 Å². The number of hydrogen-bond acceptors (Lipinski definition) is 4. The van der Waals surface area contributed by atoms with Crippen molar-refractivity contribution in [2.45, 2.75) is 19.4 Å². The van der Waals surface area contributed by atoms with Gasteiger partial charge in [-0.05, 0) is 17.7 Å². The Morgan fingerprint density at radius 3 is 2.52 bits per heavy atom. The molecule has 25 heavy (non-hydrogen) atoms. The molecule has 3 aromatic rings. The highest BCUT2D eigenvalue weighted by molar-refractivity contribution is 6.30. The number of aryl methyl sites for hydroxylation is 1. The summed E-state index contributed by atoms with van der Waals surface area (Å²) in [5.74, 6) is -0.336. The average Bonchev–Trinajstić information content (AvgIpc) is 3.03. The lowest BCUT2D eigenvalue weighted by atomic mass is 10.1. The first-order valence-electron chi connectivity index (χ1n) is 7.87. The second-order valence-electron chi connectivity index (χ2n) is 5.53. The molecule has 0 unspecified atom stereocenters. The van der Waals surface area contributed by atoms with Crippen LogP contribution < -0.4 is 5.32 Å². The Kier molecular flexibility index (Phi) is 5.36. The van der Waals surface area contributed by atoms with E-state index >= 15 is 0 Å². The van der Waals surface area contributed by atoms with Gasteiger partial charge >= 0.3 is 5.97 Å². The van der Waals surface area contributed by atoms with Crippen molar-refractivity contribution in [3.8, 4) is 11.3 Å². The van der Waals surface area contributed by atoms with Crippen molar-refractivity contribution < 1.29 is 14.3 Å². The van der Waals surface area contributed by atoms with E-state index < -0.39 is 5.97 Å². The summed E-state index contributed by atoms with van der Waals surface area (Å²) in [6.07, 6.45) is 0.251. The molecule has 0 atom stereocenters. The molecule has 0 bridgehead atoms. The Bertz CT molecular complexity index is 845. The molecule has 1 heterocycles. The molecule has 2 N–H and O–H groups in total. The van der Waals surface area contributed by atoms with Crippen molar-refractivity contribution in [1.82, 2.24) is 4.98 Å². The number of rotatable bonds is 7. The molecule has 0 radical (unpaired) electrons. The normalized spacial score (nSPS) is 10.6. The molecule has 128 valence electrons. The van der Waals surface area contributed by atoms with Gasteiger partial charge in [-0.1, -0.05) is 54.1 Å². The van der Waals surface area contributed by atoms with Gasteiger partial charge in [0.2, 0.25) is 0 Å². The molecule has 0 aliphatic heterocycles. The SMILES string of the molecule is O=C(O)CCc1oc(NCc2ccccc2)nc1-c1ccc(Cl)cc1. The number of hydrogen-bond donors (Lipinski definition) is 2. The van der Waals surface area contributed by atoms with Gasteiger partial charge in [0.1, 0.15) is 11.5 Å². The zero-order chi connectivity index (χ0) is 17.6.